The number of fused-ring (bicyclic) bond motifs is 6. The first kappa shape index (κ1) is 48.0. The van der Waals surface area contributed by atoms with Crippen molar-refractivity contribution in [1.82, 2.24) is 0 Å². The average Bonchev–Trinajstić information content (AvgIpc) is 3.75. The van der Waals surface area contributed by atoms with Gasteiger partial charge >= 0.3 is 0 Å². The number of hydrogen-bond donors (Lipinski definition) is 0. The van der Waals surface area contributed by atoms with Crippen LogP contribution in [0.25, 0.3) is 44.5 Å². The summed E-state index contributed by atoms with van der Waals surface area (Å²) in [7, 11) is 0. The molecule has 0 heteroatoms. The highest BCUT2D eigenvalue weighted by molar-refractivity contribution is 5.92. The van der Waals surface area contributed by atoms with Crippen LogP contribution in [0.3, 0.4) is 0 Å². The third-order valence-electron chi connectivity index (χ3n) is 15.9. The van der Waals surface area contributed by atoms with Gasteiger partial charge in [-0.1, -0.05) is 267 Å². The predicted octanol–water partition coefficient (Wildman–Crippen LogP) is 20.6. The Morgan fingerprint density at radius 2 is 0.531 bits per heavy atom. The summed E-state index contributed by atoms with van der Waals surface area (Å²) in [6.07, 6.45) is 37.3. The SMILES string of the molecule is CCCCCCCCC1(CCCCCCCC)c2cc(-c3ccccc3)ccc2-c2cc3c(cc21)-c1ccc(-c2ccccc2)cc1C3(CCCCCCCC)CCCCCCCC. The van der Waals surface area contributed by atoms with E-state index in [0.717, 1.165) is 0 Å². The van der Waals surface area contributed by atoms with E-state index in [-0.39, 0.29) is 10.8 Å². The van der Waals surface area contributed by atoms with Crippen molar-refractivity contribution in [2.75, 3.05) is 0 Å². The van der Waals surface area contributed by atoms with Crippen LogP contribution in [-0.2, 0) is 10.8 Å². The van der Waals surface area contributed by atoms with Crippen LogP contribution in [0, 0.1) is 0 Å². The molecule has 2 aliphatic rings. The molecule has 0 saturated heterocycles. The van der Waals surface area contributed by atoms with Crippen molar-refractivity contribution in [2.24, 2.45) is 0 Å². The van der Waals surface area contributed by atoms with Gasteiger partial charge in [0.05, 0.1) is 0 Å². The summed E-state index contributed by atoms with van der Waals surface area (Å²) in [5.74, 6) is 0. The minimum absolute atomic E-state index is 0.0357. The molecule has 0 spiro atoms. The van der Waals surface area contributed by atoms with Crippen LogP contribution >= 0.6 is 0 Å². The van der Waals surface area contributed by atoms with Gasteiger partial charge in [0, 0.05) is 10.8 Å². The molecule has 0 atom stereocenters. The first-order valence-electron chi connectivity index (χ1n) is 27.2. The highest BCUT2D eigenvalue weighted by Crippen LogP contribution is 2.61. The highest BCUT2D eigenvalue weighted by atomic mass is 14.5. The molecular weight excluding hydrogens is 769 g/mol. The largest absolute Gasteiger partial charge is 0.0654 e. The molecule has 5 aromatic carbocycles. The lowest BCUT2D eigenvalue weighted by Crippen LogP contribution is -2.27. The molecule has 0 aliphatic heterocycles. The summed E-state index contributed by atoms with van der Waals surface area (Å²) in [4.78, 5) is 0. The molecule has 0 amide bonds. The van der Waals surface area contributed by atoms with Gasteiger partial charge in [0.1, 0.15) is 0 Å². The molecule has 2 aliphatic carbocycles. The van der Waals surface area contributed by atoms with E-state index in [2.05, 4.69) is 137 Å². The lowest BCUT2D eigenvalue weighted by molar-refractivity contribution is 0.394. The van der Waals surface area contributed by atoms with E-state index < -0.39 is 0 Å². The Morgan fingerprint density at radius 3 is 0.844 bits per heavy atom. The molecule has 0 heterocycles. The molecule has 0 aromatic heterocycles. The fourth-order valence-corrected chi connectivity index (χ4v) is 12.3. The maximum Gasteiger partial charge on any atom is 0.0215 e. The van der Waals surface area contributed by atoms with Gasteiger partial charge in [0.2, 0.25) is 0 Å². The summed E-state index contributed by atoms with van der Waals surface area (Å²) in [6, 6.07) is 43.5. The first-order valence-corrected chi connectivity index (χ1v) is 27.2. The van der Waals surface area contributed by atoms with E-state index in [4.69, 9.17) is 0 Å². The van der Waals surface area contributed by atoms with E-state index in [1.54, 1.807) is 33.4 Å². The van der Waals surface area contributed by atoms with Crippen LogP contribution in [0.4, 0.5) is 0 Å². The number of rotatable bonds is 30. The van der Waals surface area contributed by atoms with Crippen molar-refractivity contribution in [3.63, 3.8) is 0 Å². The molecule has 342 valence electrons. The second kappa shape index (κ2) is 24.6. The summed E-state index contributed by atoms with van der Waals surface area (Å²) in [5, 5.41) is 0. The van der Waals surface area contributed by atoms with Crippen LogP contribution < -0.4 is 0 Å². The van der Waals surface area contributed by atoms with Crippen molar-refractivity contribution in [1.29, 1.82) is 0 Å². The van der Waals surface area contributed by atoms with Crippen molar-refractivity contribution < 1.29 is 0 Å². The molecular formula is C64H86. The molecule has 0 saturated carbocycles. The fourth-order valence-electron chi connectivity index (χ4n) is 12.3. The minimum Gasteiger partial charge on any atom is -0.0654 e. The molecule has 0 fully saturated rings. The Hall–Kier alpha value is -3.90. The molecule has 0 bridgehead atoms. The van der Waals surface area contributed by atoms with Gasteiger partial charge in [-0.25, -0.2) is 0 Å². The average molecular weight is 855 g/mol. The second-order valence-corrected chi connectivity index (χ2v) is 20.4. The summed E-state index contributed by atoms with van der Waals surface area (Å²) in [6.45, 7) is 9.39. The molecule has 0 radical (unpaired) electrons. The standard InChI is InChI=1S/C64H86/c1-5-9-13-17-21-31-43-63(44-32-22-18-14-10-6-2)59-47-53(51-35-27-25-28-36-51)39-41-55(59)57-50-62-58(49-61(57)63)56-42-40-54(52-37-29-26-30-38-52)48-60(56)64(62,45-33-23-19-15-11-7-3)46-34-24-20-16-12-8-4/h25-30,35-42,47-50H,5-24,31-34,43-46H2,1-4H3. The summed E-state index contributed by atoms with van der Waals surface area (Å²) < 4.78 is 0. The van der Waals surface area contributed by atoms with Crippen molar-refractivity contribution in [2.45, 2.75) is 218 Å². The summed E-state index contributed by atoms with van der Waals surface area (Å²) >= 11 is 0. The van der Waals surface area contributed by atoms with Gasteiger partial charge in [0.15, 0.2) is 0 Å². The van der Waals surface area contributed by atoms with E-state index in [9.17, 15) is 0 Å². The third-order valence-corrected chi connectivity index (χ3v) is 15.9. The molecule has 5 aromatic rings. The Labute approximate surface area is 392 Å². The Bertz CT molecular complexity index is 1950. The Kier molecular flexibility index (Phi) is 18.4. The van der Waals surface area contributed by atoms with Crippen LogP contribution in [0.2, 0.25) is 0 Å². The monoisotopic (exact) mass is 855 g/mol. The van der Waals surface area contributed by atoms with E-state index in [0.29, 0.717) is 0 Å². The van der Waals surface area contributed by atoms with Gasteiger partial charge in [-0.15, -0.1) is 0 Å². The lowest BCUT2D eigenvalue weighted by Gasteiger charge is -2.35. The van der Waals surface area contributed by atoms with Gasteiger partial charge in [-0.3, -0.25) is 0 Å². The quantitative estimate of drug-likeness (QED) is 0.0404. The second-order valence-electron chi connectivity index (χ2n) is 20.4. The Morgan fingerprint density at radius 1 is 0.250 bits per heavy atom. The van der Waals surface area contributed by atoms with Crippen molar-refractivity contribution in [3.8, 4) is 44.5 Å². The van der Waals surface area contributed by atoms with Gasteiger partial charge in [-0.05, 0) is 117 Å². The van der Waals surface area contributed by atoms with Gasteiger partial charge in [-0.2, -0.15) is 0 Å². The Balaban J connectivity index is 1.39. The number of hydrogen-bond acceptors (Lipinski definition) is 0. The summed E-state index contributed by atoms with van der Waals surface area (Å²) in [5.41, 5.74) is 18.3. The normalized spacial score (nSPS) is 14.1. The number of benzene rings is 5. The predicted molar refractivity (Wildman–Crippen MR) is 282 cm³/mol. The van der Waals surface area contributed by atoms with E-state index in [1.165, 1.54) is 213 Å². The van der Waals surface area contributed by atoms with E-state index in [1.807, 2.05) is 0 Å². The maximum absolute atomic E-state index is 2.83. The zero-order valence-electron chi connectivity index (χ0n) is 41.2. The molecule has 64 heavy (non-hydrogen) atoms. The van der Waals surface area contributed by atoms with Crippen LogP contribution in [0.5, 0.6) is 0 Å². The van der Waals surface area contributed by atoms with Crippen molar-refractivity contribution >= 4 is 0 Å². The number of unbranched alkanes of at least 4 members (excludes halogenated alkanes) is 20. The minimum atomic E-state index is 0.0357. The highest BCUT2D eigenvalue weighted by Gasteiger charge is 2.48. The molecule has 0 nitrogen and oxygen atoms in total. The van der Waals surface area contributed by atoms with Crippen molar-refractivity contribution in [3.05, 3.63) is 131 Å². The maximum atomic E-state index is 2.83. The van der Waals surface area contributed by atoms with Crippen LogP contribution in [0.1, 0.15) is 230 Å². The van der Waals surface area contributed by atoms with Crippen LogP contribution in [-0.4, -0.2) is 0 Å². The zero-order valence-corrected chi connectivity index (χ0v) is 41.2. The smallest absolute Gasteiger partial charge is 0.0215 e. The van der Waals surface area contributed by atoms with E-state index >= 15 is 0 Å². The van der Waals surface area contributed by atoms with Crippen LogP contribution in [0.15, 0.2) is 109 Å². The molecule has 7 rings (SSSR count). The molecule has 0 unspecified atom stereocenters. The first-order chi connectivity index (χ1) is 31.6. The lowest BCUT2D eigenvalue weighted by atomic mass is 9.68. The molecule has 0 N–H and O–H groups in total. The third kappa shape index (κ3) is 11.2. The van der Waals surface area contributed by atoms with Gasteiger partial charge < -0.3 is 0 Å². The fraction of sp³-hybridized carbons (Fsp3) is 0.531. The topological polar surface area (TPSA) is 0 Å². The zero-order chi connectivity index (χ0) is 44.5. The van der Waals surface area contributed by atoms with Gasteiger partial charge in [0.25, 0.3) is 0 Å².